The van der Waals surface area contributed by atoms with Crippen LogP contribution in [0, 0.1) is 0 Å². The van der Waals surface area contributed by atoms with Crippen molar-refractivity contribution in [3.05, 3.63) is 35.4 Å². The van der Waals surface area contributed by atoms with Crippen molar-refractivity contribution in [2.24, 2.45) is 0 Å². The highest BCUT2D eigenvalue weighted by Gasteiger charge is 2.01. The SMILES string of the molecule is CCC(=O)c1ccc(CCCF)cc1. The van der Waals surface area contributed by atoms with E-state index in [9.17, 15) is 9.18 Å². The first-order valence-corrected chi connectivity index (χ1v) is 4.96. The molecule has 1 aromatic carbocycles. The Balaban J connectivity index is 2.63. The number of benzene rings is 1. The molecule has 0 aromatic heterocycles. The predicted octanol–water partition coefficient (Wildman–Crippen LogP) is 3.18. The van der Waals surface area contributed by atoms with Gasteiger partial charge in [-0.1, -0.05) is 31.2 Å². The van der Waals surface area contributed by atoms with Crippen molar-refractivity contribution in [3.63, 3.8) is 0 Å². The molecule has 1 rings (SSSR count). The molecule has 14 heavy (non-hydrogen) atoms. The number of aryl methyl sites for hydroxylation is 1. The van der Waals surface area contributed by atoms with Gasteiger partial charge in [0.25, 0.3) is 0 Å². The molecule has 0 radical (unpaired) electrons. The molecule has 0 aliphatic heterocycles. The predicted molar refractivity (Wildman–Crippen MR) is 55.4 cm³/mol. The number of rotatable bonds is 5. The lowest BCUT2D eigenvalue weighted by Crippen LogP contribution is -1.96. The summed E-state index contributed by atoms with van der Waals surface area (Å²) in [6, 6.07) is 7.44. The van der Waals surface area contributed by atoms with Crippen LogP contribution in [0.3, 0.4) is 0 Å². The van der Waals surface area contributed by atoms with Crippen LogP contribution in [0.4, 0.5) is 4.39 Å². The Bertz CT molecular complexity index is 290. The molecule has 0 saturated carbocycles. The van der Waals surface area contributed by atoms with Gasteiger partial charge in [0.2, 0.25) is 0 Å². The van der Waals surface area contributed by atoms with Gasteiger partial charge in [0.05, 0.1) is 6.67 Å². The summed E-state index contributed by atoms with van der Waals surface area (Å²) in [4.78, 5) is 11.3. The Hall–Kier alpha value is -1.18. The van der Waals surface area contributed by atoms with E-state index in [4.69, 9.17) is 0 Å². The minimum atomic E-state index is -0.282. The van der Waals surface area contributed by atoms with E-state index < -0.39 is 0 Å². The lowest BCUT2D eigenvalue weighted by molar-refractivity contribution is 0.0988. The average molecular weight is 194 g/mol. The monoisotopic (exact) mass is 194 g/mol. The number of carbonyl (C=O) groups excluding carboxylic acids is 1. The van der Waals surface area contributed by atoms with E-state index in [2.05, 4.69) is 0 Å². The molecule has 0 bridgehead atoms. The van der Waals surface area contributed by atoms with E-state index in [1.165, 1.54) is 0 Å². The van der Waals surface area contributed by atoms with Crippen molar-refractivity contribution in [1.29, 1.82) is 0 Å². The fraction of sp³-hybridized carbons (Fsp3) is 0.417. The maximum Gasteiger partial charge on any atom is 0.162 e. The zero-order valence-electron chi connectivity index (χ0n) is 8.42. The number of Topliss-reactive ketones (excluding diaryl/α,β-unsaturated/α-hetero) is 1. The fourth-order valence-electron chi connectivity index (χ4n) is 1.33. The summed E-state index contributed by atoms with van der Waals surface area (Å²) in [6.45, 7) is 1.56. The maximum atomic E-state index is 11.9. The van der Waals surface area contributed by atoms with E-state index in [1.54, 1.807) is 0 Å². The summed E-state index contributed by atoms with van der Waals surface area (Å²) < 4.78 is 11.9. The second-order valence-corrected chi connectivity index (χ2v) is 3.27. The number of carbonyl (C=O) groups is 1. The van der Waals surface area contributed by atoms with Crippen LogP contribution >= 0.6 is 0 Å². The molecule has 1 nitrogen and oxygen atoms in total. The van der Waals surface area contributed by atoms with E-state index >= 15 is 0 Å². The molecule has 0 fully saturated rings. The van der Waals surface area contributed by atoms with Crippen LogP contribution in [0.25, 0.3) is 0 Å². The molecule has 1 aromatic rings. The number of hydrogen-bond donors (Lipinski definition) is 0. The summed E-state index contributed by atoms with van der Waals surface area (Å²) in [7, 11) is 0. The molecule has 0 spiro atoms. The Morgan fingerprint density at radius 2 is 1.93 bits per heavy atom. The third kappa shape index (κ3) is 2.95. The van der Waals surface area contributed by atoms with E-state index in [0.717, 1.165) is 17.5 Å². The molecule has 0 amide bonds. The van der Waals surface area contributed by atoms with Gasteiger partial charge in [0.1, 0.15) is 0 Å². The van der Waals surface area contributed by atoms with Crippen molar-refractivity contribution >= 4 is 5.78 Å². The molecule has 0 saturated heterocycles. The van der Waals surface area contributed by atoms with Crippen LogP contribution in [-0.2, 0) is 6.42 Å². The molecule has 2 heteroatoms. The maximum absolute atomic E-state index is 11.9. The smallest absolute Gasteiger partial charge is 0.162 e. The molecule has 0 aliphatic carbocycles. The molecular formula is C12H15FO. The summed E-state index contributed by atoms with van der Waals surface area (Å²) in [5.41, 5.74) is 1.84. The zero-order chi connectivity index (χ0) is 10.4. The third-order valence-corrected chi connectivity index (χ3v) is 2.20. The molecule has 76 valence electrons. The summed E-state index contributed by atoms with van der Waals surface area (Å²) in [5.74, 6) is 0.155. The van der Waals surface area contributed by atoms with Crippen LogP contribution in [0.2, 0.25) is 0 Å². The van der Waals surface area contributed by atoms with Gasteiger partial charge >= 0.3 is 0 Å². The third-order valence-electron chi connectivity index (χ3n) is 2.20. The Morgan fingerprint density at radius 1 is 1.29 bits per heavy atom. The van der Waals surface area contributed by atoms with Gasteiger partial charge in [-0.25, -0.2) is 0 Å². The second-order valence-electron chi connectivity index (χ2n) is 3.27. The van der Waals surface area contributed by atoms with E-state index in [-0.39, 0.29) is 12.5 Å². The van der Waals surface area contributed by atoms with Crippen LogP contribution in [-0.4, -0.2) is 12.5 Å². The number of halogens is 1. The first-order chi connectivity index (χ1) is 6.77. The van der Waals surface area contributed by atoms with Crippen molar-refractivity contribution in [2.75, 3.05) is 6.67 Å². The van der Waals surface area contributed by atoms with Gasteiger partial charge in [0.15, 0.2) is 5.78 Å². The van der Waals surface area contributed by atoms with Crippen LogP contribution < -0.4 is 0 Å². The average Bonchev–Trinajstić information content (AvgIpc) is 2.26. The molecule has 0 aliphatic rings. The van der Waals surface area contributed by atoms with Gasteiger partial charge in [-0.3, -0.25) is 9.18 Å². The highest BCUT2D eigenvalue weighted by atomic mass is 19.1. The fourth-order valence-corrected chi connectivity index (χ4v) is 1.33. The first kappa shape index (κ1) is 10.9. The zero-order valence-corrected chi connectivity index (χ0v) is 8.42. The van der Waals surface area contributed by atoms with Crippen LogP contribution in [0.15, 0.2) is 24.3 Å². The minimum absolute atomic E-state index is 0.155. The van der Waals surface area contributed by atoms with Crippen molar-refractivity contribution in [2.45, 2.75) is 26.2 Å². The number of hydrogen-bond acceptors (Lipinski definition) is 1. The van der Waals surface area contributed by atoms with Gasteiger partial charge < -0.3 is 0 Å². The van der Waals surface area contributed by atoms with E-state index in [1.807, 2.05) is 31.2 Å². The quantitative estimate of drug-likeness (QED) is 0.658. The van der Waals surface area contributed by atoms with Crippen LogP contribution in [0.5, 0.6) is 0 Å². The Morgan fingerprint density at radius 3 is 2.43 bits per heavy atom. The molecular weight excluding hydrogens is 179 g/mol. The Kier molecular flexibility index (Phi) is 4.30. The second kappa shape index (κ2) is 5.53. The van der Waals surface area contributed by atoms with Crippen molar-refractivity contribution < 1.29 is 9.18 Å². The lowest BCUT2D eigenvalue weighted by atomic mass is 10.0. The standard InChI is InChI=1S/C12H15FO/c1-2-12(14)11-7-5-10(6-8-11)4-3-9-13/h5-8H,2-4,9H2,1H3. The highest BCUT2D eigenvalue weighted by molar-refractivity contribution is 5.95. The highest BCUT2D eigenvalue weighted by Crippen LogP contribution is 2.08. The van der Waals surface area contributed by atoms with Crippen molar-refractivity contribution in [1.82, 2.24) is 0 Å². The Labute approximate surface area is 83.9 Å². The summed E-state index contributed by atoms with van der Waals surface area (Å²) in [5, 5.41) is 0. The van der Waals surface area contributed by atoms with Crippen LogP contribution in [0.1, 0.15) is 35.7 Å². The lowest BCUT2D eigenvalue weighted by Gasteiger charge is -2.01. The first-order valence-electron chi connectivity index (χ1n) is 4.96. The summed E-state index contributed by atoms with van der Waals surface area (Å²) in [6.07, 6.45) is 1.84. The van der Waals surface area contributed by atoms with Gasteiger partial charge in [0, 0.05) is 12.0 Å². The van der Waals surface area contributed by atoms with E-state index in [0.29, 0.717) is 12.8 Å². The number of ketones is 1. The van der Waals surface area contributed by atoms with Gasteiger partial charge in [-0.2, -0.15) is 0 Å². The minimum Gasteiger partial charge on any atom is -0.294 e. The van der Waals surface area contributed by atoms with Gasteiger partial charge in [-0.15, -0.1) is 0 Å². The molecule has 0 unspecified atom stereocenters. The molecule has 0 heterocycles. The molecule has 0 N–H and O–H groups in total. The normalized spacial score (nSPS) is 10.1. The largest absolute Gasteiger partial charge is 0.294 e. The van der Waals surface area contributed by atoms with Gasteiger partial charge in [-0.05, 0) is 18.4 Å². The van der Waals surface area contributed by atoms with Crippen molar-refractivity contribution in [3.8, 4) is 0 Å². The number of alkyl halides is 1. The summed E-state index contributed by atoms with van der Waals surface area (Å²) >= 11 is 0. The molecule has 0 atom stereocenters. The topological polar surface area (TPSA) is 17.1 Å².